The number of esters is 1. The smallest absolute Gasteiger partial charge is 0.455 e. The van der Waals surface area contributed by atoms with Gasteiger partial charge in [-0.15, -0.1) is 46.2 Å². The van der Waals surface area contributed by atoms with Gasteiger partial charge in [-0.2, -0.15) is 6.42 Å². The number of halogens is 1. The van der Waals surface area contributed by atoms with E-state index in [4.69, 9.17) is 47.4 Å². The maximum Gasteiger partial charge on any atom is 1.00 e. The van der Waals surface area contributed by atoms with Crippen molar-refractivity contribution in [3.8, 4) is 0 Å². The molecule has 0 saturated carbocycles. The molecule has 6 fully saturated rings. The predicted molar refractivity (Wildman–Crippen MR) is 252 cm³/mol. The number of hydrogen-bond acceptors (Lipinski definition) is 20. The summed E-state index contributed by atoms with van der Waals surface area (Å²) in [5, 5.41) is 19.7. The summed E-state index contributed by atoms with van der Waals surface area (Å²) < 4.78 is 58.7. The van der Waals surface area contributed by atoms with Crippen LogP contribution in [0.3, 0.4) is 0 Å². The molecule has 22 heteroatoms. The first-order chi connectivity index (χ1) is 31.2. The normalized spacial score (nSPS) is 30.5. The molecule has 1 N–H and O–H groups in total. The molecular formula is C44H60BrLiN4O12S4. The Morgan fingerprint density at radius 3 is 1.91 bits per heavy atom. The van der Waals surface area contributed by atoms with E-state index in [9.17, 15) is 9.90 Å². The van der Waals surface area contributed by atoms with Crippen molar-refractivity contribution in [2.75, 3.05) is 38.9 Å². The summed E-state index contributed by atoms with van der Waals surface area (Å²) in [5.41, 5.74) is 1.69. The molecule has 3 unspecified atom stereocenters. The minimum Gasteiger partial charge on any atom is -0.455 e. The number of hydrogen-bond donors (Lipinski definition) is 1. The van der Waals surface area contributed by atoms with Crippen LogP contribution < -0.4 is 18.9 Å². The van der Waals surface area contributed by atoms with Crippen LogP contribution in [-0.2, 0) is 58.0 Å². The molecule has 10 rings (SSSR count). The van der Waals surface area contributed by atoms with Gasteiger partial charge in [0.1, 0.15) is 47.1 Å². The van der Waals surface area contributed by atoms with Gasteiger partial charge in [0.2, 0.25) is 5.79 Å². The van der Waals surface area contributed by atoms with Crippen LogP contribution in [0.1, 0.15) is 90.9 Å². The van der Waals surface area contributed by atoms with E-state index in [-0.39, 0.29) is 56.7 Å². The molecule has 66 heavy (non-hydrogen) atoms. The molecule has 0 bridgehead atoms. The number of carbonyl (C=O) groups is 1. The summed E-state index contributed by atoms with van der Waals surface area (Å²) in [4.78, 5) is 29.4. The molecule has 16 nitrogen and oxygen atoms in total. The van der Waals surface area contributed by atoms with Gasteiger partial charge in [0.25, 0.3) is 0 Å². The predicted octanol–water partition coefficient (Wildman–Crippen LogP) is 5.80. The topological polar surface area (TPSA) is 181 Å². The number of rotatable bonds is 10. The number of unbranched alkanes of at least 4 members (excludes halogenated alkanes) is 1. The Hall–Kier alpha value is -1.07. The van der Waals surface area contributed by atoms with Gasteiger partial charge in [-0.3, -0.25) is 0 Å². The zero-order valence-corrected chi connectivity index (χ0v) is 43.7. The number of carbonyl (C=O) groups excluding carboxylic acids is 1. The second-order valence-corrected chi connectivity index (χ2v) is 21.5. The number of thioether (sulfide) groups is 2. The van der Waals surface area contributed by atoms with E-state index in [0.29, 0.717) is 17.0 Å². The SMILES string of the molecule is CC1(C)O[C@@H]2[C@@H](COC3CCCCO3)OC(=O)[C@@H]2O1.CSc1ncnc2c(Br)scc12.CSc1ncnc2c(C3(O)O[C@H](COC4CCCCO4)[C@H]4OC(C)(C)O[C@H]43)scc12.[CH2-]CCC.[Li+]. The Labute approximate surface area is 423 Å². The molecule has 360 valence electrons. The van der Waals surface area contributed by atoms with E-state index < -0.39 is 47.9 Å². The number of ether oxygens (including phenoxy) is 10. The molecule has 4 aromatic heterocycles. The molecule has 6 aliphatic rings. The average Bonchev–Trinajstić information content (AvgIpc) is 4.16. The first-order valence-electron chi connectivity index (χ1n) is 22.0. The van der Waals surface area contributed by atoms with Crippen molar-refractivity contribution < 1.29 is 76.1 Å². The van der Waals surface area contributed by atoms with Crippen molar-refractivity contribution >= 4 is 89.9 Å². The van der Waals surface area contributed by atoms with Crippen LogP contribution in [0.5, 0.6) is 0 Å². The van der Waals surface area contributed by atoms with E-state index in [1.165, 1.54) is 24.1 Å². The molecule has 0 aromatic carbocycles. The Morgan fingerprint density at radius 1 is 0.788 bits per heavy atom. The zero-order chi connectivity index (χ0) is 46.4. The number of thiophene rings is 2. The Bertz CT molecular complexity index is 2180. The number of nitrogens with zero attached hydrogens (tertiary/aromatic N) is 4. The van der Waals surface area contributed by atoms with Crippen molar-refractivity contribution in [1.82, 2.24) is 19.9 Å². The van der Waals surface area contributed by atoms with Crippen LogP contribution in [0.2, 0.25) is 0 Å². The largest absolute Gasteiger partial charge is 1.00 e. The van der Waals surface area contributed by atoms with E-state index in [1.54, 1.807) is 55.0 Å². The summed E-state index contributed by atoms with van der Waals surface area (Å²) in [5.74, 6) is -3.63. The minimum absolute atomic E-state index is 0. The quantitative estimate of drug-likeness (QED) is 0.0662. The van der Waals surface area contributed by atoms with Gasteiger partial charge in [0, 0.05) is 34.7 Å². The summed E-state index contributed by atoms with van der Waals surface area (Å²) in [6.45, 7) is 15.0. The second-order valence-electron chi connectivity index (χ2n) is 16.8. The van der Waals surface area contributed by atoms with Gasteiger partial charge in [-0.1, -0.05) is 13.3 Å². The summed E-state index contributed by atoms with van der Waals surface area (Å²) in [6, 6.07) is 0. The number of aromatic nitrogens is 4. The van der Waals surface area contributed by atoms with Crippen LogP contribution in [0.15, 0.2) is 37.3 Å². The van der Waals surface area contributed by atoms with Gasteiger partial charge in [0.15, 0.2) is 36.4 Å². The van der Waals surface area contributed by atoms with Crippen molar-refractivity contribution in [3.63, 3.8) is 0 Å². The molecule has 6 saturated heterocycles. The monoisotopic (exact) mass is 1050 g/mol. The van der Waals surface area contributed by atoms with Crippen molar-refractivity contribution in [1.29, 1.82) is 0 Å². The van der Waals surface area contributed by atoms with Gasteiger partial charge in [-0.05, 0) is 94.7 Å². The van der Waals surface area contributed by atoms with Crippen molar-refractivity contribution in [2.45, 2.75) is 163 Å². The average molecular weight is 1050 g/mol. The third kappa shape index (κ3) is 12.9. The van der Waals surface area contributed by atoms with Gasteiger partial charge in [-0.25, -0.2) is 24.7 Å². The van der Waals surface area contributed by atoms with Crippen molar-refractivity contribution in [2.24, 2.45) is 0 Å². The Morgan fingerprint density at radius 2 is 1.33 bits per heavy atom. The molecule has 6 aliphatic heterocycles. The molecule has 0 aliphatic carbocycles. The first kappa shape index (κ1) is 54.3. The molecular weight excluding hydrogens is 992 g/mol. The maximum absolute atomic E-state index is 11.8. The molecule has 4 aromatic rings. The van der Waals surface area contributed by atoms with Crippen LogP contribution in [0, 0.1) is 6.92 Å². The maximum atomic E-state index is 11.8. The van der Waals surface area contributed by atoms with E-state index in [0.717, 1.165) is 81.7 Å². The first-order valence-corrected chi connectivity index (χ1v) is 27.0. The Balaban J connectivity index is 0.000000170. The fourth-order valence-corrected chi connectivity index (χ4v) is 11.6. The number of fused-ring (bicyclic) bond motifs is 4. The van der Waals surface area contributed by atoms with E-state index in [2.05, 4.69) is 55.1 Å². The summed E-state index contributed by atoms with van der Waals surface area (Å²) >= 11 is 9.68. The van der Waals surface area contributed by atoms with Gasteiger partial charge in [0.05, 0.1) is 32.9 Å². The van der Waals surface area contributed by atoms with Crippen LogP contribution in [0.4, 0.5) is 0 Å². The van der Waals surface area contributed by atoms with Gasteiger partial charge >= 0.3 is 24.8 Å². The summed E-state index contributed by atoms with van der Waals surface area (Å²) in [6.07, 6.45) is 11.9. The molecule has 10 heterocycles. The third-order valence-corrected chi connectivity index (χ3v) is 15.3. The molecule has 9 atom stereocenters. The summed E-state index contributed by atoms with van der Waals surface area (Å²) in [7, 11) is 0. The molecule has 0 spiro atoms. The second kappa shape index (κ2) is 24.4. The van der Waals surface area contributed by atoms with Crippen LogP contribution in [-0.4, -0.2) is 131 Å². The van der Waals surface area contributed by atoms with Crippen LogP contribution in [0.25, 0.3) is 21.8 Å². The molecule has 0 radical (unpaired) electrons. The Kier molecular flexibility index (Phi) is 20.0. The fraction of sp³-hybridized carbons (Fsp3) is 0.682. The van der Waals surface area contributed by atoms with E-state index in [1.807, 2.05) is 31.7 Å². The van der Waals surface area contributed by atoms with E-state index >= 15 is 0 Å². The standard InChI is InChI=1S/C20H26N2O6S2.C13H20O6.C7H5BrN2S2.C4H9.Li/c1-19(2)27-15-12(8-25-13-6-4-5-7-24-13)26-20(23,16(15)28-19)17-14-11(9-30-17)18(29-3)22-10-21-14;1-13(2)18-10-8(17-12(14)11(10)19-13)7-16-9-5-3-4-6-15-9;1-11-7-4-2-12-6(8)5(4)9-3-10-7;1-3-4-2;/h9-10,12-13,15-16,23H,4-8H2,1-3H3;8-11H,3-7H2,1-2H3;2-3H,1H3;1,3-4H2,2H3;/q;;;-1;+1/t12-,13?,15-,16-,20?;8-,9?,10-,11-;;;/m11.../s1. The number of aliphatic hydroxyl groups is 1. The number of cyclic esters (lactones) is 1. The fourth-order valence-electron chi connectivity index (χ4n) is 8.01. The van der Waals surface area contributed by atoms with Crippen molar-refractivity contribution in [3.05, 3.63) is 39.0 Å². The van der Waals surface area contributed by atoms with Gasteiger partial charge < -0.3 is 59.4 Å². The molecule has 0 amide bonds. The third-order valence-electron chi connectivity index (χ3n) is 11.1. The zero-order valence-electron chi connectivity index (χ0n) is 38.9. The minimum atomic E-state index is -1.68. The van der Waals surface area contributed by atoms with Crippen LogP contribution >= 0.6 is 62.1 Å².